The predicted octanol–water partition coefficient (Wildman–Crippen LogP) is 5.97. The van der Waals surface area contributed by atoms with Gasteiger partial charge in [0.2, 0.25) is 21.8 Å². The number of carbonyl (C=O) groups excluding carboxylic acids is 2. The van der Waals surface area contributed by atoms with Gasteiger partial charge in [0.1, 0.15) is 12.6 Å². The normalized spacial score (nSPS) is 12.5. The highest BCUT2D eigenvalue weighted by Crippen LogP contribution is 2.29. The molecule has 2 amide bonds. The van der Waals surface area contributed by atoms with Crippen LogP contribution < -0.4 is 9.62 Å². The summed E-state index contributed by atoms with van der Waals surface area (Å²) in [6.45, 7) is 4.88. The first-order chi connectivity index (χ1) is 18.7. The van der Waals surface area contributed by atoms with Crippen LogP contribution in [-0.2, 0) is 32.6 Å². The van der Waals surface area contributed by atoms with Crippen molar-refractivity contribution in [1.29, 1.82) is 0 Å². The minimum atomic E-state index is -3.93. The van der Waals surface area contributed by atoms with Gasteiger partial charge in [-0.25, -0.2) is 8.42 Å². The van der Waals surface area contributed by atoms with E-state index in [1.54, 1.807) is 36.4 Å². The van der Waals surface area contributed by atoms with Crippen molar-refractivity contribution in [3.63, 3.8) is 0 Å². The fraction of sp³-hybridized carbons (Fsp3) is 0.310. The van der Waals surface area contributed by atoms with Gasteiger partial charge in [0, 0.05) is 28.5 Å². The molecule has 0 saturated carbocycles. The lowest BCUT2D eigenvalue weighted by atomic mass is 10.0. The van der Waals surface area contributed by atoms with Crippen LogP contribution in [0.5, 0.6) is 0 Å². The quantitative estimate of drug-likeness (QED) is 0.301. The van der Waals surface area contributed by atoms with E-state index in [0.717, 1.165) is 16.1 Å². The van der Waals surface area contributed by atoms with Crippen molar-refractivity contribution in [2.75, 3.05) is 17.1 Å². The standard InChI is InChI=1S/C29H32Cl3N3O4S/c1-29(2,3)33-28(37)26(16-20-10-6-5-7-11-20)34(18-21-14-15-22(30)17-24(21)32)27(36)19-35(40(4,38)39)25-13-9-8-12-23(25)31/h5-15,17,26H,16,18-19H2,1-4H3,(H,33,37)/t26-/m1/s1. The fourth-order valence-electron chi connectivity index (χ4n) is 4.09. The molecule has 1 atom stereocenters. The van der Waals surface area contributed by atoms with E-state index in [0.29, 0.717) is 15.6 Å². The van der Waals surface area contributed by atoms with Gasteiger partial charge in [-0.1, -0.05) is 83.3 Å². The Morgan fingerprint density at radius 2 is 1.52 bits per heavy atom. The van der Waals surface area contributed by atoms with Crippen molar-refractivity contribution in [3.8, 4) is 0 Å². The number of hydrogen-bond acceptors (Lipinski definition) is 4. The van der Waals surface area contributed by atoms with Crippen LogP contribution >= 0.6 is 34.8 Å². The second kappa shape index (κ2) is 13.3. The van der Waals surface area contributed by atoms with Crippen molar-refractivity contribution in [1.82, 2.24) is 10.2 Å². The van der Waals surface area contributed by atoms with Gasteiger partial charge in [0.15, 0.2) is 0 Å². The monoisotopic (exact) mass is 623 g/mol. The molecule has 0 heterocycles. The summed E-state index contributed by atoms with van der Waals surface area (Å²) in [5.41, 5.74) is 0.935. The van der Waals surface area contributed by atoms with E-state index in [2.05, 4.69) is 5.32 Å². The third-order valence-electron chi connectivity index (χ3n) is 5.93. The molecule has 3 rings (SSSR count). The van der Waals surface area contributed by atoms with Crippen LogP contribution in [0.1, 0.15) is 31.9 Å². The van der Waals surface area contributed by atoms with Gasteiger partial charge in [0.05, 0.1) is 17.0 Å². The van der Waals surface area contributed by atoms with E-state index < -0.39 is 40.0 Å². The highest BCUT2D eigenvalue weighted by Gasteiger charge is 2.35. The second-order valence-electron chi connectivity index (χ2n) is 10.4. The Morgan fingerprint density at radius 1 is 0.900 bits per heavy atom. The summed E-state index contributed by atoms with van der Waals surface area (Å²) in [7, 11) is -3.93. The number of sulfonamides is 1. The smallest absolute Gasteiger partial charge is 0.244 e. The first kappa shape index (κ1) is 31.7. The number of amides is 2. The second-order valence-corrected chi connectivity index (χ2v) is 13.6. The van der Waals surface area contributed by atoms with Gasteiger partial charge in [-0.2, -0.15) is 0 Å². The van der Waals surface area contributed by atoms with Gasteiger partial charge in [-0.3, -0.25) is 13.9 Å². The average molecular weight is 625 g/mol. The van der Waals surface area contributed by atoms with Crippen LogP contribution in [-0.4, -0.2) is 49.5 Å². The molecule has 0 fully saturated rings. The first-order valence-corrected chi connectivity index (χ1v) is 15.5. The maximum absolute atomic E-state index is 14.1. The number of carbonyl (C=O) groups is 2. The van der Waals surface area contributed by atoms with Crippen molar-refractivity contribution in [3.05, 3.63) is 99.0 Å². The molecule has 0 bridgehead atoms. The summed E-state index contributed by atoms with van der Waals surface area (Å²) < 4.78 is 26.7. The van der Waals surface area contributed by atoms with Crippen LogP contribution in [0.2, 0.25) is 15.1 Å². The van der Waals surface area contributed by atoms with Crippen molar-refractivity contribution in [2.24, 2.45) is 0 Å². The molecule has 0 saturated heterocycles. The molecule has 3 aromatic carbocycles. The summed E-state index contributed by atoms with van der Waals surface area (Å²) in [6, 6.07) is 19.5. The predicted molar refractivity (Wildman–Crippen MR) is 162 cm³/mol. The minimum Gasteiger partial charge on any atom is -0.350 e. The van der Waals surface area contributed by atoms with E-state index in [9.17, 15) is 18.0 Å². The number of nitrogens with zero attached hydrogens (tertiary/aromatic N) is 2. The Bertz CT molecular complexity index is 1460. The molecule has 0 aliphatic rings. The van der Waals surface area contributed by atoms with Crippen LogP contribution in [0.25, 0.3) is 0 Å². The largest absolute Gasteiger partial charge is 0.350 e. The molecular weight excluding hydrogens is 593 g/mol. The van der Waals surface area contributed by atoms with Gasteiger partial charge in [-0.15, -0.1) is 0 Å². The van der Waals surface area contributed by atoms with E-state index in [1.165, 1.54) is 11.0 Å². The molecule has 0 aromatic heterocycles. The molecule has 214 valence electrons. The highest BCUT2D eigenvalue weighted by molar-refractivity contribution is 7.92. The topological polar surface area (TPSA) is 86.8 Å². The molecule has 0 spiro atoms. The SMILES string of the molecule is CC(C)(C)NC(=O)[C@@H](Cc1ccccc1)N(Cc1ccc(Cl)cc1Cl)C(=O)CN(c1ccccc1Cl)S(C)(=O)=O. The zero-order chi connectivity index (χ0) is 29.7. The highest BCUT2D eigenvalue weighted by atomic mass is 35.5. The van der Waals surface area contributed by atoms with Crippen molar-refractivity contribution in [2.45, 2.75) is 45.3 Å². The molecule has 3 aromatic rings. The summed E-state index contributed by atoms with van der Waals surface area (Å²) in [5.74, 6) is -1.00. The molecule has 0 unspecified atom stereocenters. The lowest BCUT2D eigenvalue weighted by molar-refractivity contribution is -0.140. The Hall–Kier alpha value is -2.78. The van der Waals surface area contributed by atoms with Crippen LogP contribution in [0.3, 0.4) is 0 Å². The average Bonchev–Trinajstić information content (AvgIpc) is 2.85. The third-order valence-corrected chi connectivity index (χ3v) is 7.96. The number of nitrogens with one attached hydrogen (secondary N) is 1. The summed E-state index contributed by atoms with van der Waals surface area (Å²) in [5, 5.41) is 3.86. The summed E-state index contributed by atoms with van der Waals surface area (Å²) in [6.07, 6.45) is 1.18. The zero-order valence-corrected chi connectivity index (χ0v) is 25.8. The summed E-state index contributed by atoms with van der Waals surface area (Å²) >= 11 is 18.9. The van der Waals surface area contributed by atoms with Gasteiger partial charge in [0.25, 0.3) is 0 Å². The number of para-hydroxylation sites is 1. The van der Waals surface area contributed by atoms with Crippen molar-refractivity contribution < 1.29 is 18.0 Å². The van der Waals surface area contributed by atoms with E-state index >= 15 is 0 Å². The van der Waals surface area contributed by atoms with Crippen LogP contribution in [0.4, 0.5) is 5.69 Å². The fourth-order valence-corrected chi connectivity index (χ4v) is 5.71. The van der Waals surface area contributed by atoms with Gasteiger partial charge in [-0.05, 0) is 56.2 Å². The van der Waals surface area contributed by atoms with Crippen molar-refractivity contribution >= 4 is 62.3 Å². The lowest BCUT2D eigenvalue weighted by Crippen LogP contribution is -2.56. The van der Waals surface area contributed by atoms with E-state index in [-0.39, 0.29) is 23.7 Å². The Kier molecular flexibility index (Phi) is 10.5. The Balaban J connectivity index is 2.11. The molecular formula is C29H32Cl3N3O4S. The Labute approximate surface area is 251 Å². The molecule has 11 heteroatoms. The number of benzene rings is 3. The van der Waals surface area contributed by atoms with E-state index in [4.69, 9.17) is 34.8 Å². The maximum atomic E-state index is 14.1. The number of rotatable bonds is 10. The van der Waals surface area contributed by atoms with Crippen LogP contribution in [0, 0.1) is 0 Å². The lowest BCUT2D eigenvalue weighted by Gasteiger charge is -2.35. The maximum Gasteiger partial charge on any atom is 0.244 e. The molecule has 0 radical (unpaired) electrons. The molecule has 0 aliphatic heterocycles. The molecule has 7 nitrogen and oxygen atoms in total. The molecule has 1 N–H and O–H groups in total. The number of anilines is 1. The number of halogens is 3. The number of hydrogen-bond donors (Lipinski definition) is 1. The van der Waals surface area contributed by atoms with E-state index in [1.807, 2.05) is 51.1 Å². The zero-order valence-electron chi connectivity index (χ0n) is 22.7. The van der Waals surface area contributed by atoms with Gasteiger partial charge >= 0.3 is 0 Å². The van der Waals surface area contributed by atoms with Gasteiger partial charge < -0.3 is 10.2 Å². The minimum absolute atomic E-state index is 0.0655. The summed E-state index contributed by atoms with van der Waals surface area (Å²) in [4.78, 5) is 29.2. The first-order valence-electron chi connectivity index (χ1n) is 12.5. The third kappa shape index (κ3) is 8.86. The molecule has 40 heavy (non-hydrogen) atoms. The van der Waals surface area contributed by atoms with Crippen LogP contribution in [0.15, 0.2) is 72.8 Å². The Morgan fingerprint density at radius 3 is 2.10 bits per heavy atom. The molecule has 0 aliphatic carbocycles.